The Morgan fingerprint density at radius 3 is 1.43 bits per heavy atom. The van der Waals surface area contributed by atoms with Gasteiger partial charge in [-0.05, 0) is 72.8 Å². The second-order valence-corrected chi connectivity index (χ2v) is 5.95. The number of hydrogen-bond acceptors (Lipinski definition) is 7. The summed E-state index contributed by atoms with van der Waals surface area (Å²) in [7, 11) is 0. The standard InChI is InChI=1S/C23H16O7/c1-2-21(25)28-18-9-5-16(6-10-18)23(27)30-20-13-11-19(12-14-20)29-22(26)15-3-7-17(24)8-4-15/h2-14,24H,1H2. The van der Waals surface area contributed by atoms with Crippen molar-refractivity contribution >= 4 is 17.9 Å². The Hall–Kier alpha value is -4.39. The van der Waals surface area contributed by atoms with Crippen LogP contribution in [0.25, 0.3) is 0 Å². The molecule has 0 heterocycles. The first-order chi connectivity index (χ1) is 14.4. The molecule has 7 heteroatoms. The second-order valence-electron chi connectivity index (χ2n) is 5.95. The van der Waals surface area contributed by atoms with Gasteiger partial charge in [-0.25, -0.2) is 14.4 Å². The molecule has 0 aromatic heterocycles. The number of aromatic hydroxyl groups is 1. The van der Waals surface area contributed by atoms with E-state index < -0.39 is 17.9 Å². The van der Waals surface area contributed by atoms with Crippen LogP contribution in [0.3, 0.4) is 0 Å². The monoisotopic (exact) mass is 404 g/mol. The first-order valence-electron chi connectivity index (χ1n) is 8.72. The Labute approximate surface area is 171 Å². The highest BCUT2D eigenvalue weighted by atomic mass is 16.5. The quantitative estimate of drug-likeness (QED) is 0.378. The zero-order chi connectivity index (χ0) is 21.5. The largest absolute Gasteiger partial charge is 0.508 e. The first-order valence-corrected chi connectivity index (χ1v) is 8.72. The smallest absolute Gasteiger partial charge is 0.343 e. The molecule has 0 aliphatic heterocycles. The van der Waals surface area contributed by atoms with Crippen molar-refractivity contribution in [3.05, 3.63) is 96.6 Å². The highest BCUT2D eigenvalue weighted by Gasteiger charge is 2.11. The Bertz CT molecular complexity index is 1070. The number of carbonyl (C=O) groups excluding carboxylic acids is 3. The summed E-state index contributed by atoms with van der Waals surface area (Å²) in [6.07, 6.45) is 1.04. The number of carbonyl (C=O) groups is 3. The molecular formula is C23H16O7. The molecule has 0 atom stereocenters. The summed E-state index contributed by atoms with van der Waals surface area (Å²) in [5.41, 5.74) is 0.543. The van der Waals surface area contributed by atoms with Crippen molar-refractivity contribution in [3.8, 4) is 23.0 Å². The summed E-state index contributed by atoms with van der Waals surface area (Å²) in [6, 6.07) is 17.4. The summed E-state index contributed by atoms with van der Waals surface area (Å²) < 4.78 is 15.4. The molecular weight excluding hydrogens is 388 g/mol. The third-order valence-corrected chi connectivity index (χ3v) is 3.82. The summed E-state index contributed by atoms with van der Waals surface area (Å²) in [5.74, 6) is -0.951. The minimum absolute atomic E-state index is 0.0464. The lowest BCUT2D eigenvalue weighted by molar-refractivity contribution is -0.128. The molecule has 0 saturated heterocycles. The van der Waals surface area contributed by atoms with Crippen LogP contribution in [-0.2, 0) is 4.79 Å². The normalized spacial score (nSPS) is 10.0. The zero-order valence-corrected chi connectivity index (χ0v) is 15.6. The number of rotatable bonds is 6. The fourth-order valence-corrected chi connectivity index (χ4v) is 2.32. The van der Waals surface area contributed by atoms with Crippen molar-refractivity contribution in [1.29, 1.82) is 0 Å². The van der Waals surface area contributed by atoms with Gasteiger partial charge in [0.2, 0.25) is 0 Å². The van der Waals surface area contributed by atoms with Crippen LogP contribution < -0.4 is 14.2 Å². The minimum Gasteiger partial charge on any atom is -0.508 e. The van der Waals surface area contributed by atoms with Gasteiger partial charge in [-0.3, -0.25) is 0 Å². The highest BCUT2D eigenvalue weighted by molar-refractivity contribution is 5.92. The van der Waals surface area contributed by atoms with E-state index >= 15 is 0 Å². The molecule has 0 amide bonds. The first kappa shape index (κ1) is 20.3. The molecule has 0 spiro atoms. The maximum Gasteiger partial charge on any atom is 0.343 e. The van der Waals surface area contributed by atoms with Crippen LogP contribution in [0, 0.1) is 0 Å². The number of esters is 3. The van der Waals surface area contributed by atoms with E-state index in [2.05, 4.69) is 6.58 Å². The number of hydrogen-bond donors (Lipinski definition) is 1. The van der Waals surface area contributed by atoms with Crippen molar-refractivity contribution in [2.45, 2.75) is 0 Å². The molecule has 150 valence electrons. The van der Waals surface area contributed by atoms with Crippen molar-refractivity contribution in [2.75, 3.05) is 0 Å². The number of phenolic OH excluding ortho intramolecular Hbond substituents is 1. The summed E-state index contributed by atoms with van der Waals surface area (Å²) in [4.78, 5) is 35.4. The fourth-order valence-electron chi connectivity index (χ4n) is 2.32. The van der Waals surface area contributed by atoms with E-state index in [1.54, 1.807) is 0 Å². The summed E-state index contributed by atoms with van der Waals surface area (Å²) in [5, 5.41) is 9.25. The molecule has 0 saturated carbocycles. The predicted molar refractivity (Wildman–Crippen MR) is 107 cm³/mol. The third kappa shape index (κ3) is 5.32. The van der Waals surface area contributed by atoms with Gasteiger partial charge in [-0.2, -0.15) is 0 Å². The zero-order valence-electron chi connectivity index (χ0n) is 15.6. The molecule has 0 aliphatic carbocycles. The van der Waals surface area contributed by atoms with E-state index in [0.29, 0.717) is 0 Å². The van der Waals surface area contributed by atoms with E-state index in [4.69, 9.17) is 14.2 Å². The maximum atomic E-state index is 12.2. The lowest BCUT2D eigenvalue weighted by Crippen LogP contribution is -2.10. The van der Waals surface area contributed by atoms with Crippen LogP contribution in [0.1, 0.15) is 20.7 Å². The van der Waals surface area contributed by atoms with Crippen molar-refractivity contribution in [2.24, 2.45) is 0 Å². The lowest BCUT2D eigenvalue weighted by atomic mass is 10.2. The second kappa shape index (κ2) is 9.20. The average molecular weight is 404 g/mol. The van der Waals surface area contributed by atoms with Gasteiger partial charge in [0.25, 0.3) is 0 Å². The van der Waals surface area contributed by atoms with Gasteiger partial charge >= 0.3 is 17.9 Å². The van der Waals surface area contributed by atoms with Gasteiger partial charge in [-0.1, -0.05) is 6.58 Å². The SMILES string of the molecule is C=CC(=O)Oc1ccc(C(=O)Oc2ccc(OC(=O)c3ccc(O)cc3)cc2)cc1. The van der Waals surface area contributed by atoms with Crippen LogP contribution in [0.5, 0.6) is 23.0 Å². The van der Waals surface area contributed by atoms with Crippen molar-refractivity contribution in [3.63, 3.8) is 0 Å². The van der Waals surface area contributed by atoms with Gasteiger partial charge in [0.1, 0.15) is 23.0 Å². The predicted octanol–water partition coefficient (Wildman–Crippen LogP) is 3.92. The Balaban J connectivity index is 1.59. The van der Waals surface area contributed by atoms with E-state index in [1.165, 1.54) is 72.8 Å². The number of phenols is 1. The minimum atomic E-state index is -0.606. The van der Waals surface area contributed by atoms with Crippen LogP contribution in [0.4, 0.5) is 0 Å². The molecule has 30 heavy (non-hydrogen) atoms. The van der Waals surface area contributed by atoms with E-state index in [-0.39, 0.29) is 34.1 Å². The van der Waals surface area contributed by atoms with E-state index in [1.807, 2.05) is 0 Å². The van der Waals surface area contributed by atoms with Crippen LogP contribution >= 0.6 is 0 Å². The molecule has 1 N–H and O–H groups in total. The topological polar surface area (TPSA) is 99.1 Å². The molecule has 0 bridgehead atoms. The maximum absolute atomic E-state index is 12.2. The van der Waals surface area contributed by atoms with E-state index in [0.717, 1.165) is 6.08 Å². The molecule has 0 fully saturated rings. The Kier molecular flexibility index (Phi) is 6.24. The summed E-state index contributed by atoms with van der Waals surface area (Å²) >= 11 is 0. The van der Waals surface area contributed by atoms with Crippen molar-refractivity contribution in [1.82, 2.24) is 0 Å². The third-order valence-electron chi connectivity index (χ3n) is 3.82. The molecule has 7 nitrogen and oxygen atoms in total. The molecule has 0 aliphatic rings. The number of benzene rings is 3. The van der Waals surface area contributed by atoms with Gasteiger partial charge in [0, 0.05) is 6.08 Å². The molecule has 3 aromatic carbocycles. The van der Waals surface area contributed by atoms with Crippen LogP contribution in [0.2, 0.25) is 0 Å². The fraction of sp³-hybridized carbons (Fsp3) is 0. The Morgan fingerprint density at radius 2 is 1.00 bits per heavy atom. The molecule has 3 aromatic rings. The van der Waals surface area contributed by atoms with Gasteiger partial charge in [0.05, 0.1) is 11.1 Å². The van der Waals surface area contributed by atoms with Crippen molar-refractivity contribution < 1.29 is 33.7 Å². The molecule has 0 radical (unpaired) electrons. The number of ether oxygens (including phenoxy) is 3. The Morgan fingerprint density at radius 1 is 0.633 bits per heavy atom. The highest BCUT2D eigenvalue weighted by Crippen LogP contribution is 2.21. The summed E-state index contributed by atoms with van der Waals surface area (Å²) in [6.45, 7) is 3.30. The molecule has 0 unspecified atom stereocenters. The van der Waals surface area contributed by atoms with Crippen LogP contribution in [0.15, 0.2) is 85.5 Å². The van der Waals surface area contributed by atoms with Crippen LogP contribution in [-0.4, -0.2) is 23.0 Å². The van der Waals surface area contributed by atoms with E-state index in [9.17, 15) is 19.5 Å². The van der Waals surface area contributed by atoms with Gasteiger partial charge < -0.3 is 19.3 Å². The average Bonchev–Trinajstić information content (AvgIpc) is 2.76. The van der Waals surface area contributed by atoms with Gasteiger partial charge in [0.15, 0.2) is 0 Å². The van der Waals surface area contributed by atoms with Gasteiger partial charge in [-0.15, -0.1) is 0 Å². The lowest BCUT2D eigenvalue weighted by Gasteiger charge is -2.07. The molecule has 3 rings (SSSR count).